The molecule has 4 heteroatoms. The lowest BCUT2D eigenvalue weighted by atomic mass is 10.1. The van der Waals surface area contributed by atoms with E-state index in [1.807, 2.05) is 49.4 Å². The zero-order chi connectivity index (χ0) is 14.1. The van der Waals surface area contributed by atoms with Crippen molar-refractivity contribution in [2.45, 2.75) is 13.8 Å². The maximum atomic E-state index is 11.2. The zero-order valence-electron chi connectivity index (χ0n) is 11.4. The number of rotatable bonds is 2. The second kappa shape index (κ2) is 4.81. The summed E-state index contributed by atoms with van der Waals surface area (Å²) in [6, 6.07) is 13.8. The SMILES string of the molecule is CC(=O)Nc1cc(-c2nc3ccccc3[nH]2)ccc1C. The van der Waals surface area contributed by atoms with Crippen molar-refractivity contribution in [3.05, 3.63) is 48.0 Å². The first kappa shape index (κ1) is 12.4. The Bertz CT molecular complexity index is 756. The van der Waals surface area contributed by atoms with Crippen molar-refractivity contribution in [3.63, 3.8) is 0 Å². The third kappa shape index (κ3) is 2.28. The van der Waals surface area contributed by atoms with E-state index >= 15 is 0 Å². The van der Waals surface area contributed by atoms with E-state index in [1.54, 1.807) is 0 Å². The van der Waals surface area contributed by atoms with E-state index < -0.39 is 0 Å². The molecule has 1 heterocycles. The first-order chi connectivity index (χ1) is 9.63. The fraction of sp³-hybridized carbons (Fsp3) is 0.125. The third-order valence-electron chi connectivity index (χ3n) is 3.21. The molecule has 0 spiro atoms. The van der Waals surface area contributed by atoms with Gasteiger partial charge in [0.05, 0.1) is 11.0 Å². The molecule has 0 radical (unpaired) electrons. The number of carbonyl (C=O) groups is 1. The largest absolute Gasteiger partial charge is 0.338 e. The summed E-state index contributed by atoms with van der Waals surface area (Å²) in [4.78, 5) is 19.1. The lowest BCUT2D eigenvalue weighted by Gasteiger charge is -2.07. The van der Waals surface area contributed by atoms with Gasteiger partial charge < -0.3 is 10.3 Å². The van der Waals surface area contributed by atoms with Gasteiger partial charge in [0.2, 0.25) is 5.91 Å². The fourth-order valence-corrected chi connectivity index (χ4v) is 2.18. The second-order valence-electron chi connectivity index (χ2n) is 4.81. The molecule has 0 saturated carbocycles. The Kier molecular flexibility index (Phi) is 2.99. The van der Waals surface area contributed by atoms with Crippen LogP contribution in [0, 0.1) is 6.92 Å². The van der Waals surface area contributed by atoms with Crippen LogP contribution in [0.1, 0.15) is 12.5 Å². The number of para-hydroxylation sites is 2. The molecule has 0 aliphatic heterocycles. The molecule has 2 aromatic carbocycles. The van der Waals surface area contributed by atoms with Crippen molar-refractivity contribution >= 4 is 22.6 Å². The normalized spacial score (nSPS) is 10.7. The van der Waals surface area contributed by atoms with Crippen LogP contribution in [0.2, 0.25) is 0 Å². The lowest BCUT2D eigenvalue weighted by Crippen LogP contribution is -2.07. The van der Waals surface area contributed by atoms with Crippen LogP contribution in [0.3, 0.4) is 0 Å². The minimum atomic E-state index is -0.0742. The van der Waals surface area contributed by atoms with Gasteiger partial charge in [-0.05, 0) is 30.7 Å². The molecule has 0 bridgehead atoms. The maximum absolute atomic E-state index is 11.2. The first-order valence-corrected chi connectivity index (χ1v) is 6.47. The number of hydrogen-bond donors (Lipinski definition) is 2. The molecule has 1 aromatic heterocycles. The summed E-state index contributed by atoms with van der Waals surface area (Å²) in [5, 5.41) is 2.84. The third-order valence-corrected chi connectivity index (χ3v) is 3.21. The molecule has 0 aliphatic carbocycles. The smallest absolute Gasteiger partial charge is 0.221 e. The van der Waals surface area contributed by atoms with Crippen LogP contribution in [0.5, 0.6) is 0 Å². The van der Waals surface area contributed by atoms with Gasteiger partial charge in [-0.2, -0.15) is 0 Å². The van der Waals surface area contributed by atoms with Crippen LogP contribution in [-0.4, -0.2) is 15.9 Å². The molecule has 3 aromatic rings. The topological polar surface area (TPSA) is 57.8 Å². The van der Waals surface area contributed by atoms with E-state index in [2.05, 4.69) is 15.3 Å². The summed E-state index contributed by atoms with van der Waals surface area (Å²) in [6.07, 6.45) is 0. The summed E-state index contributed by atoms with van der Waals surface area (Å²) in [5.41, 5.74) is 4.74. The van der Waals surface area contributed by atoms with Crippen LogP contribution in [-0.2, 0) is 4.79 Å². The Hall–Kier alpha value is -2.62. The molecule has 3 rings (SSSR count). The van der Waals surface area contributed by atoms with Crippen LogP contribution in [0.4, 0.5) is 5.69 Å². The first-order valence-electron chi connectivity index (χ1n) is 6.47. The molecule has 1 amide bonds. The number of aromatic nitrogens is 2. The molecule has 0 unspecified atom stereocenters. The summed E-state index contributed by atoms with van der Waals surface area (Å²) >= 11 is 0. The Morgan fingerprint density at radius 3 is 2.75 bits per heavy atom. The van der Waals surface area contributed by atoms with E-state index in [0.717, 1.165) is 33.7 Å². The molecule has 100 valence electrons. The highest BCUT2D eigenvalue weighted by atomic mass is 16.1. The highest BCUT2D eigenvalue weighted by Crippen LogP contribution is 2.25. The number of nitrogens with one attached hydrogen (secondary N) is 2. The number of aryl methyl sites for hydroxylation is 1. The monoisotopic (exact) mass is 265 g/mol. The van der Waals surface area contributed by atoms with E-state index in [9.17, 15) is 4.79 Å². The van der Waals surface area contributed by atoms with Crippen molar-refractivity contribution in [3.8, 4) is 11.4 Å². The molecule has 0 aliphatic rings. The quantitative estimate of drug-likeness (QED) is 0.745. The van der Waals surface area contributed by atoms with Gasteiger partial charge in [0, 0.05) is 18.2 Å². The van der Waals surface area contributed by atoms with Gasteiger partial charge in [0.15, 0.2) is 0 Å². The number of hydrogen-bond acceptors (Lipinski definition) is 2. The van der Waals surface area contributed by atoms with Gasteiger partial charge in [-0.1, -0.05) is 24.3 Å². The Labute approximate surface area is 116 Å². The van der Waals surface area contributed by atoms with Crippen molar-refractivity contribution in [2.75, 3.05) is 5.32 Å². The summed E-state index contributed by atoms with van der Waals surface area (Å²) in [5.74, 6) is 0.729. The van der Waals surface area contributed by atoms with Gasteiger partial charge in [0.1, 0.15) is 5.82 Å². The average molecular weight is 265 g/mol. The van der Waals surface area contributed by atoms with Crippen molar-refractivity contribution < 1.29 is 4.79 Å². The number of benzene rings is 2. The number of carbonyl (C=O) groups excluding carboxylic acids is 1. The Morgan fingerprint density at radius 1 is 1.20 bits per heavy atom. The van der Waals surface area contributed by atoms with Gasteiger partial charge in [0.25, 0.3) is 0 Å². The molecule has 0 atom stereocenters. The fourth-order valence-electron chi connectivity index (χ4n) is 2.18. The molecular weight excluding hydrogens is 250 g/mol. The zero-order valence-corrected chi connectivity index (χ0v) is 11.4. The maximum Gasteiger partial charge on any atom is 0.221 e. The summed E-state index contributed by atoms with van der Waals surface area (Å²) < 4.78 is 0. The van der Waals surface area contributed by atoms with E-state index in [1.165, 1.54) is 6.92 Å². The van der Waals surface area contributed by atoms with Gasteiger partial charge in [-0.3, -0.25) is 4.79 Å². The molecule has 0 saturated heterocycles. The van der Waals surface area contributed by atoms with Crippen molar-refractivity contribution in [1.29, 1.82) is 0 Å². The number of fused-ring (bicyclic) bond motifs is 1. The number of anilines is 1. The number of nitrogens with zero attached hydrogens (tertiary/aromatic N) is 1. The second-order valence-corrected chi connectivity index (χ2v) is 4.81. The Morgan fingerprint density at radius 2 is 2.00 bits per heavy atom. The van der Waals surface area contributed by atoms with Crippen LogP contribution >= 0.6 is 0 Å². The number of imidazole rings is 1. The van der Waals surface area contributed by atoms with Crippen LogP contribution in [0.25, 0.3) is 22.4 Å². The van der Waals surface area contributed by atoms with E-state index in [4.69, 9.17) is 0 Å². The lowest BCUT2D eigenvalue weighted by molar-refractivity contribution is -0.114. The number of H-pyrrole nitrogens is 1. The van der Waals surface area contributed by atoms with Gasteiger partial charge in [-0.25, -0.2) is 4.98 Å². The molecule has 20 heavy (non-hydrogen) atoms. The Balaban J connectivity index is 2.07. The van der Waals surface area contributed by atoms with Crippen LogP contribution in [0.15, 0.2) is 42.5 Å². The van der Waals surface area contributed by atoms with Gasteiger partial charge >= 0.3 is 0 Å². The summed E-state index contributed by atoms with van der Waals surface area (Å²) in [6.45, 7) is 3.47. The average Bonchev–Trinajstić information content (AvgIpc) is 2.84. The van der Waals surface area contributed by atoms with E-state index in [0.29, 0.717) is 0 Å². The van der Waals surface area contributed by atoms with Crippen LogP contribution < -0.4 is 5.32 Å². The summed E-state index contributed by atoms with van der Waals surface area (Å²) in [7, 11) is 0. The number of amides is 1. The van der Waals surface area contributed by atoms with Gasteiger partial charge in [-0.15, -0.1) is 0 Å². The minimum absolute atomic E-state index is 0.0742. The highest BCUT2D eigenvalue weighted by Gasteiger charge is 2.07. The predicted molar refractivity (Wildman–Crippen MR) is 80.6 cm³/mol. The highest BCUT2D eigenvalue weighted by molar-refractivity contribution is 5.90. The predicted octanol–water partition coefficient (Wildman–Crippen LogP) is 3.50. The number of aromatic amines is 1. The molecule has 0 fully saturated rings. The standard InChI is InChI=1S/C16H15N3O/c1-10-7-8-12(9-15(10)17-11(2)20)16-18-13-5-3-4-6-14(13)19-16/h3-9H,1-2H3,(H,17,20)(H,18,19). The van der Waals surface area contributed by atoms with Crippen molar-refractivity contribution in [2.24, 2.45) is 0 Å². The molecule has 4 nitrogen and oxygen atoms in total. The molecule has 2 N–H and O–H groups in total. The van der Waals surface area contributed by atoms with E-state index in [-0.39, 0.29) is 5.91 Å². The molecular formula is C16H15N3O. The minimum Gasteiger partial charge on any atom is -0.338 e. The van der Waals surface area contributed by atoms with Crippen molar-refractivity contribution in [1.82, 2.24) is 9.97 Å².